The van der Waals surface area contributed by atoms with Gasteiger partial charge in [-0.1, -0.05) is 18.2 Å². The Labute approximate surface area is 307 Å². The minimum Gasteiger partial charge on any atom is -0.465 e. The molecule has 0 aromatic heterocycles. The van der Waals surface area contributed by atoms with E-state index < -0.39 is 39.6 Å². The molecule has 3 rings (SSSR count). The maximum atomic E-state index is 13.5. The van der Waals surface area contributed by atoms with Gasteiger partial charge < -0.3 is 35.0 Å². The zero-order chi connectivity index (χ0) is 38.3. The molecule has 1 unspecified atom stereocenters. The standard InChI is InChI=1S/C36H57N5O10S/c1-5-50-33(44)30(39-52(48,49)29-9-7-6-8-10-29)25-38-31(42)15-20-37-32(43)28(13-11-26-16-21-40(22-17-26)34(45)46)14-12-27-18-23-41(24-19-27)35(47)51-36(2,3)4/h6-10,26-28,30,39H,5,11-25H2,1-4H3,(H,37,43)(H,38,42)(H,45,46)/t28-,30?/m0/s1. The van der Waals surface area contributed by atoms with E-state index in [1.54, 1.807) is 30.0 Å². The van der Waals surface area contributed by atoms with E-state index in [2.05, 4.69) is 15.4 Å². The molecule has 0 saturated carbocycles. The smallest absolute Gasteiger partial charge is 0.410 e. The number of ether oxygens (including phenoxy) is 2. The first-order chi connectivity index (χ1) is 24.6. The first-order valence-corrected chi connectivity index (χ1v) is 19.8. The summed E-state index contributed by atoms with van der Waals surface area (Å²) in [4.78, 5) is 65.7. The molecule has 15 nitrogen and oxygen atoms in total. The van der Waals surface area contributed by atoms with Gasteiger partial charge in [-0.25, -0.2) is 18.0 Å². The van der Waals surface area contributed by atoms with Crippen LogP contribution in [0.1, 0.15) is 85.5 Å². The summed E-state index contributed by atoms with van der Waals surface area (Å²) < 4.78 is 38.5. The number of carbonyl (C=O) groups excluding carboxylic acids is 4. The second kappa shape index (κ2) is 20.4. The maximum Gasteiger partial charge on any atom is 0.410 e. The highest BCUT2D eigenvalue weighted by atomic mass is 32.2. The van der Waals surface area contributed by atoms with Crippen molar-refractivity contribution in [2.75, 3.05) is 45.9 Å². The fourth-order valence-corrected chi connectivity index (χ4v) is 7.65. The monoisotopic (exact) mass is 751 g/mol. The van der Waals surface area contributed by atoms with E-state index in [0.29, 0.717) is 50.9 Å². The molecule has 16 heteroatoms. The van der Waals surface area contributed by atoms with Crippen LogP contribution in [-0.4, -0.2) is 111 Å². The van der Waals surface area contributed by atoms with Crippen LogP contribution in [0, 0.1) is 17.8 Å². The normalized spacial score (nSPS) is 17.2. The van der Waals surface area contributed by atoms with Gasteiger partial charge in [-0.3, -0.25) is 14.4 Å². The average molecular weight is 752 g/mol. The van der Waals surface area contributed by atoms with E-state index in [9.17, 15) is 37.5 Å². The molecule has 292 valence electrons. The van der Waals surface area contributed by atoms with Gasteiger partial charge in [0, 0.05) is 51.6 Å². The molecule has 4 N–H and O–H groups in total. The molecule has 2 fully saturated rings. The third-order valence-corrected chi connectivity index (χ3v) is 10.9. The molecule has 0 bridgehead atoms. The first kappa shape index (κ1) is 42.5. The summed E-state index contributed by atoms with van der Waals surface area (Å²) in [6, 6.07) is 6.18. The molecule has 1 aromatic carbocycles. The zero-order valence-electron chi connectivity index (χ0n) is 30.9. The van der Waals surface area contributed by atoms with Crippen LogP contribution in [-0.2, 0) is 33.9 Å². The Balaban J connectivity index is 1.52. The van der Waals surface area contributed by atoms with E-state index in [1.165, 1.54) is 17.0 Å². The van der Waals surface area contributed by atoms with Gasteiger partial charge in [0.1, 0.15) is 11.6 Å². The van der Waals surface area contributed by atoms with E-state index in [1.807, 2.05) is 20.8 Å². The number of likely N-dealkylation sites (tertiary alicyclic amines) is 2. The molecule has 2 aliphatic heterocycles. The van der Waals surface area contributed by atoms with E-state index >= 15 is 0 Å². The SMILES string of the molecule is CCOC(=O)C(CNC(=O)CCNC(=O)[C@@H](CCC1CCN(C(=O)O)CC1)CCC1CCN(C(=O)OC(C)(C)C)CC1)NS(=O)(=O)c1ccccc1. The summed E-state index contributed by atoms with van der Waals surface area (Å²) in [6.45, 7) is 8.99. The van der Waals surface area contributed by atoms with Crippen LogP contribution in [0.4, 0.5) is 9.59 Å². The molecule has 1 aromatic rings. The second-order valence-corrected chi connectivity index (χ2v) is 16.3. The topological polar surface area (TPSA) is 201 Å². The van der Waals surface area contributed by atoms with Crippen molar-refractivity contribution in [3.63, 3.8) is 0 Å². The number of esters is 1. The zero-order valence-corrected chi connectivity index (χ0v) is 31.8. The molecule has 2 aliphatic rings. The number of piperidine rings is 2. The van der Waals surface area contributed by atoms with Gasteiger partial charge in [0.15, 0.2) is 0 Å². The van der Waals surface area contributed by atoms with Gasteiger partial charge in [-0.2, -0.15) is 4.72 Å². The number of rotatable bonds is 17. The maximum absolute atomic E-state index is 13.5. The number of amides is 4. The first-order valence-electron chi connectivity index (χ1n) is 18.3. The van der Waals surface area contributed by atoms with Crippen LogP contribution in [0.5, 0.6) is 0 Å². The predicted octanol–water partition coefficient (Wildman–Crippen LogP) is 3.73. The Morgan fingerprint density at radius 3 is 1.96 bits per heavy atom. The molecule has 0 spiro atoms. The number of sulfonamides is 1. The van der Waals surface area contributed by atoms with Crippen molar-refractivity contribution in [2.24, 2.45) is 17.8 Å². The fourth-order valence-electron chi connectivity index (χ4n) is 6.44. The van der Waals surface area contributed by atoms with Gasteiger partial charge in [-0.15, -0.1) is 0 Å². The molecular formula is C36H57N5O10S. The molecule has 2 heterocycles. The Kier molecular flexibility index (Phi) is 16.6. The Hall–Kier alpha value is -3.92. The highest BCUT2D eigenvalue weighted by Crippen LogP contribution is 2.29. The second-order valence-electron chi connectivity index (χ2n) is 14.6. The van der Waals surface area contributed by atoms with Crippen molar-refractivity contribution in [2.45, 2.75) is 102 Å². The highest BCUT2D eigenvalue weighted by Gasteiger charge is 2.30. The van der Waals surface area contributed by atoms with Crippen molar-refractivity contribution in [3.05, 3.63) is 30.3 Å². The van der Waals surface area contributed by atoms with Gasteiger partial charge >= 0.3 is 18.2 Å². The molecule has 2 saturated heterocycles. The van der Waals surface area contributed by atoms with Crippen molar-refractivity contribution < 1.29 is 47.0 Å². The lowest BCUT2D eigenvalue weighted by Gasteiger charge is -2.34. The Bertz CT molecular complexity index is 1440. The summed E-state index contributed by atoms with van der Waals surface area (Å²) in [6.07, 6.45) is 4.69. The lowest BCUT2D eigenvalue weighted by atomic mass is 9.84. The Morgan fingerprint density at radius 2 is 1.44 bits per heavy atom. The third kappa shape index (κ3) is 14.6. The lowest BCUT2D eigenvalue weighted by Crippen LogP contribution is -2.49. The number of carbonyl (C=O) groups is 5. The predicted molar refractivity (Wildman–Crippen MR) is 193 cm³/mol. The quantitative estimate of drug-likeness (QED) is 0.170. The minimum absolute atomic E-state index is 0.0241. The number of hydrogen-bond donors (Lipinski definition) is 4. The van der Waals surface area contributed by atoms with Gasteiger partial charge in [0.25, 0.3) is 0 Å². The van der Waals surface area contributed by atoms with Crippen LogP contribution in [0.25, 0.3) is 0 Å². The molecule has 52 heavy (non-hydrogen) atoms. The summed E-state index contributed by atoms with van der Waals surface area (Å²) >= 11 is 0. The number of carboxylic acid groups (broad SMARTS) is 1. The van der Waals surface area contributed by atoms with E-state index in [4.69, 9.17) is 9.47 Å². The van der Waals surface area contributed by atoms with Gasteiger partial charge in [0.05, 0.1) is 11.5 Å². The molecule has 4 amide bonds. The molecule has 2 atom stereocenters. The summed E-state index contributed by atoms with van der Waals surface area (Å²) in [7, 11) is -4.07. The molecular weight excluding hydrogens is 694 g/mol. The van der Waals surface area contributed by atoms with Crippen molar-refractivity contribution in [3.8, 4) is 0 Å². The van der Waals surface area contributed by atoms with Crippen LogP contribution in [0.3, 0.4) is 0 Å². The number of hydrogen-bond acceptors (Lipinski definition) is 9. The number of benzene rings is 1. The number of nitrogens with one attached hydrogen (secondary N) is 3. The summed E-state index contributed by atoms with van der Waals surface area (Å²) in [5, 5.41) is 14.7. The summed E-state index contributed by atoms with van der Waals surface area (Å²) in [5.41, 5.74) is -0.562. The van der Waals surface area contributed by atoms with E-state index in [0.717, 1.165) is 38.5 Å². The van der Waals surface area contributed by atoms with Crippen molar-refractivity contribution >= 4 is 40.0 Å². The van der Waals surface area contributed by atoms with Crippen molar-refractivity contribution in [1.29, 1.82) is 0 Å². The van der Waals surface area contributed by atoms with Gasteiger partial charge in [0.2, 0.25) is 21.8 Å². The van der Waals surface area contributed by atoms with Gasteiger partial charge in [-0.05, 0) is 103 Å². The van der Waals surface area contributed by atoms with E-state index in [-0.39, 0.29) is 48.9 Å². The summed E-state index contributed by atoms with van der Waals surface area (Å²) in [5.74, 6) is -1.10. The van der Waals surface area contributed by atoms with Crippen LogP contribution >= 0.6 is 0 Å². The molecule has 0 aliphatic carbocycles. The fraction of sp³-hybridized carbons (Fsp3) is 0.694. The Morgan fingerprint density at radius 1 is 0.885 bits per heavy atom. The van der Waals surface area contributed by atoms with Crippen LogP contribution < -0.4 is 15.4 Å². The van der Waals surface area contributed by atoms with Crippen molar-refractivity contribution in [1.82, 2.24) is 25.2 Å². The largest absolute Gasteiger partial charge is 0.465 e. The molecule has 0 radical (unpaired) electrons. The average Bonchev–Trinajstić information content (AvgIpc) is 3.10. The van der Waals surface area contributed by atoms with Crippen LogP contribution in [0.2, 0.25) is 0 Å². The van der Waals surface area contributed by atoms with Crippen LogP contribution in [0.15, 0.2) is 35.2 Å². The highest BCUT2D eigenvalue weighted by molar-refractivity contribution is 7.89. The third-order valence-electron chi connectivity index (χ3n) is 9.45. The number of nitrogens with zero attached hydrogens (tertiary/aromatic N) is 2. The lowest BCUT2D eigenvalue weighted by molar-refractivity contribution is -0.145. The minimum atomic E-state index is -4.07.